The van der Waals surface area contributed by atoms with E-state index in [0.717, 1.165) is 43.5 Å². The van der Waals surface area contributed by atoms with Gasteiger partial charge in [0, 0.05) is 52.0 Å². The number of hydrogen-bond donors (Lipinski definition) is 2. The van der Waals surface area contributed by atoms with Gasteiger partial charge in [0.25, 0.3) is 0 Å². The quantitative estimate of drug-likeness (QED) is 0.401. The second-order valence-corrected chi connectivity index (χ2v) is 7.30. The molecule has 2 N–H and O–H groups in total. The third-order valence-electron chi connectivity index (χ3n) is 5.24. The van der Waals surface area contributed by atoms with Crippen LogP contribution in [0.4, 0.5) is 10.1 Å². The average molecular weight is 428 g/mol. The minimum Gasteiger partial charge on any atom is -0.497 e. The van der Waals surface area contributed by atoms with Crippen molar-refractivity contribution in [2.45, 2.75) is 6.42 Å². The minimum atomic E-state index is -0.301. The van der Waals surface area contributed by atoms with Crippen LogP contribution in [0.2, 0.25) is 0 Å². The molecule has 0 spiro atoms. The maximum atomic E-state index is 12.9. The monoisotopic (exact) mass is 427 g/mol. The Balaban J connectivity index is 1.37. The number of benzene rings is 2. The smallest absolute Gasteiger partial charge is 0.224 e. The van der Waals surface area contributed by atoms with Crippen LogP contribution < -0.4 is 20.3 Å². The molecule has 7 nitrogen and oxygen atoms in total. The van der Waals surface area contributed by atoms with E-state index in [1.54, 1.807) is 26.3 Å². The van der Waals surface area contributed by atoms with Crippen LogP contribution in [0.15, 0.2) is 53.5 Å². The predicted molar refractivity (Wildman–Crippen MR) is 121 cm³/mol. The summed E-state index contributed by atoms with van der Waals surface area (Å²) in [4.78, 5) is 21.0. The standard InChI is InChI=1S/C23H30FN5O2/c1-25-23(27-12-11-26-22(30)17-18-3-5-19(24)6-4-18)29-15-13-28(14-16-29)20-7-9-21(31-2)10-8-20/h3-10H,11-17H2,1-2H3,(H,25,27)(H,26,30). The van der Waals surface area contributed by atoms with Gasteiger partial charge in [-0.2, -0.15) is 0 Å². The highest BCUT2D eigenvalue weighted by Gasteiger charge is 2.19. The Morgan fingerprint density at radius 2 is 1.65 bits per heavy atom. The molecule has 1 aliphatic rings. The highest BCUT2D eigenvalue weighted by molar-refractivity contribution is 5.80. The highest BCUT2D eigenvalue weighted by atomic mass is 19.1. The zero-order valence-corrected chi connectivity index (χ0v) is 18.1. The van der Waals surface area contributed by atoms with Crippen molar-refractivity contribution in [3.63, 3.8) is 0 Å². The van der Waals surface area contributed by atoms with Gasteiger partial charge in [-0.25, -0.2) is 4.39 Å². The van der Waals surface area contributed by atoms with Gasteiger partial charge in [0.1, 0.15) is 11.6 Å². The number of halogens is 1. The molecule has 2 aromatic rings. The van der Waals surface area contributed by atoms with Gasteiger partial charge in [0.15, 0.2) is 5.96 Å². The molecule has 0 bridgehead atoms. The first-order valence-corrected chi connectivity index (χ1v) is 10.4. The van der Waals surface area contributed by atoms with Crippen LogP contribution in [0, 0.1) is 5.82 Å². The normalized spacial score (nSPS) is 14.4. The van der Waals surface area contributed by atoms with E-state index in [4.69, 9.17) is 4.74 Å². The fraction of sp³-hybridized carbons (Fsp3) is 0.391. The van der Waals surface area contributed by atoms with E-state index < -0.39 is 0 Å². The fourth-order valence-corrected chi connectivity index (χ4v) is 3.53. The molecule has 1 saturated heterocycles. The lowest BCUT2D eigenvalue weighted by Crippen LogP contribution is -2.53. The zero-order valence-electron chi connectivity index (χ0n) is 18.1. The van der Waals surface area contributed by atoms with Crippen LogP contribution in [0.3, 0.4) is 0 Å². The molecule has 8 heteroatoms. The molecule has 0 unspecified atom stereocenters. The molecule has 1 amide bonds. The number of aliphatic imine (C=N–C) groups is 1. The van der Waals surface area contributed by atoms with E-state index in [0.29, 0.717) is 13.1 Å². The molecule has 2 aromatic carbocycles. The topological polar surface area (TPSA) is 69.2 Å². The van der Waals surface area contributed by atoms with E-state index in [1.807, 2.05) is 12.1 Å². The largest absolute Gasteiger partial charge is 0.497 e. The van der Waals surface area contributed by atoms with Gasteiger partial charge in [0.05, 0.1) is 13.5 Å². The number of carbonyl (C=O) groups excluding carboxylic acids is 1. The Kier molecular flexibility index (Phi) is 8.09. The van der Waals surface area contributed by atoms with Crippen LogP contribution >= 0.6 is 0 Å². The molecule has 31 heavy (non-hydrogen) atoms. The molecule has 0 aromatic heterocycles. The number of nitrogens with zero attached hydrogens (tertiary/aromatic N) is 3. The predicted octanol–water partition coefficient (Wildman–Crippen LogP) is 1.89. The van der Waals surface area contributed by atoms with Crippen LogP contribution in [-0.4, -0.2) is 70.2 Å². The number of anilines is 1. The summed E-state index contributed by atoms with van der Waals surface area (Å²) < 4.78 is 18.2. The lowest BCUT2D eigenvalue weighted by atomic mass is 10.1. The van der Waals surface area contributed by atoms with Crippen molar-refractivity contribution in [3.8, 4) is 5.75 Å². The maximum absolute atomic E-state index is 12.9. The number of ether oxygens (including phenoxy) is 1. The van der Waals surface area contributed by atoms with Crippen LogP contribution in [0.1, 0.15) is 5.56 Å². The third-order valence-corrected chi connectivity index (χ3v) is 5.24. The summed E-state index contributed by atoms with van der Waals surface area (Å²) in [6.07, 6.45) is 0.238. The number of hydrogen-bond acceptors (Lipinski definition) is 4. The lowest BCUT2D eigenvalue weighted by Gasteiger charge is -2.37. The molecule has 1 heterocycles. The van der Waals surface area contributed by atoms with E-state index in [1.165, 1.54) is 17.8 Å². The Morgan fingerprint density at radius 3 is 2.26 bits per heavy atom. The highest BCUT2D eigenvalue weighted by Crippen LogP contribution is 2.20. The molecule has 3 rings (SSSR count). The van der Waals surface area contributed by atoms with Gasteiger partial charge in [-0.1, -0.05) is 12.1 Å². The number of carbonyl (C=O) groups is 1. The first-order chi connectivity index (χ1) is 15.1. The van der Waals surface area contributed by atoms with Crippen molar-refractivity contribution in [3.05, 3.63) is 59.9 Å². The van der Waals surface area contributed by atoms with Crippen LogP contribution in [-0.2, 0) is 11.2 Å². The van der Waals surface area contributed by atoms with E-state index >= 15 is 0 Å². The van der Waals surface area contributed by atoms with Crippen molar-refractivity contribution >= 4 is 17.6 Å². The third kappa shape index (κ3) is 6.60. The molecule has 0 radical (unpaired) electrons. The minimum absolute atomic E-state index is 0.0866. The molecule has 0 aliphatic carbocycles. The van der Waals surface area contributed by atoms with E-state index in [2.05, 4.69) is 37.6 Å². The Hall–Kier alpha value is -3.29. The van der Waals surface area contributed by atoms with Crippen molar-refractivity contribution in [2.75, 3.05) is 58.3 Å². The summed E-state index contributed by atoms with van der Waals surface area (Å²) in [5, 5.41) is 6.19. The van der Waals surface area contributed by atoms with E-state index in [9.17, 15) is 9.18 Å². The molecular formula is C23H30FN5O2. The zero-order chi connectivity index (χ0) is 22.1. The SMILES string of the molecule is CN=C(NCCNC(=O)Cc1ccc(F)cc1)N1CCN(c2ccc(OC)cc2)CC1. The number of piperazine rings is 1. The summed E-state index contributed by atoms with van der Waals surface area (Å²) in [5.41, 5.74) is 1.98. The van der Waals surface area contributed by atoms with Gasteiger partial charge >= 0.3 is 0 Å². The Morgan fingerprint density at radius 1 is 1.00 bits per heavy atom. The molecule has 166 valence electrons. The summed E-state index contributed by atoms with van der Waals surface area (Å²) >= 11 is 0. The fourth-order valence-electron chi connectivity index (χ4n) is 3.53. The Bertz CT molecular complexity index is 863. The van der Waals surface area contributed by atoms with Gasteiger partial charge in [-0.05, 0) is 42.0 Å². The summed E-state index contributed by atoms with van der Waals surface area (Å²) in [6.45, 7) is 4.61. The Labute approximate surface area is 182 Å². The van der Waals surface area contributed by atoms with Gasteiger partial charge in [-0.15, -0.1) is 0 Å². The first-order valence-electron chi connectivity index (χ1n) is 10.4. The number of nitrogens with one attached hydrogen (secondary N) is 2. The lowest BCUT2D eigenvalue weighted by molar-refractivity contribution is -0.120. The first kappa shape index (κ1) is 22.4. The van der Waals surface area contributed by atoms with Crippen molar-refractivity contribution < 1.29 is 13.9 Å². The molecule has 0 saturated carbocycles. The van der Waals surface area contributed by atoms with Gasteiger partial charge in [-0.3, -0.25) is 9.79 Å². The second-order valence-electron chi connectivity index (χ2n) is 7.30. The summed E-state index contributed by atoms with van der Waals surface area (Å²) in [6, 6.07) is 14.1. The number of amides is 1. The average Bonchev–Trinajstić information content (AvgIpc) is 2.81. The molecule has 1 aliphatic heterocycles. The van der Waals surface area contributed by atoms with Gasteiger partial charge in [0.2, 0.25) is 5.91 Å². The summed E-state index contributed by atoms with van der Waals surface area (Å²) in [5.74, 6) is 1.31. The molecule has 0 atom stereocenters. The number of rotatable bonds is 7. The van der Waals surface area contributed by atoms with Gasteiger partial charge < -0.3 is 25.2 Å². The second kappa shape index (κ2) is 11.2. The van der Waals surface area contributed by atoms with Crippen molar-refractivity contribution in [2.24, 2.45) is 4.99 Å². The van der Waals surface area contributed by atoms with Crippen LogP contribution in [0.25, 0.3) is 0 Å². The van der Waals surface area contributed by atoms with E-state index in [-0.39, 0.29) is 18.1 Å². The van der Waals surface area contributed by atoms with Crippen LogP contribution in [0.5, 0.6) is 5.75 Å². The van der Waals surface area contributed by atoms with Crippen molar-refractivity contribution in [1.82, 2.24) is 15.5 Å². The summed E-state index contributed by atoms with van der Waals surface area (Å²) in [7, 11) is 3.44. The maximum Gasteiger partial charge on any atom is 0.224 e. The number of guanidine groups is 1. The number of methoxy groups -OCH3 is 1. The molecular weight excluding hydrogens is 397 g/mol. The van der Waals surface area contributed by atoms with Crippen molar-refractivity contribution in [1.29, 1.82) is 0 Å². The molecule has 1 fully saturated rings.